The van der Waals surface area contributed by atoms with Gasteiger partial charge in [0.25, 0.3) is 0 Å². The van der Waals surface area contributed by atoms with E-state index in [0.29, 0.717) is 38.6 Å². The van der Waals surface area contributed by atoms with Crippen LogP contribution in [0, 0.1) is 0 Å². The second kappa shape index (κ2) is 8.04. The maximum atomic E-state index is 13.1. The van der Waals surface area contributed by atoms with Gasteiger partial charge in [-0.3, -0.25) is 4.90 Å². The van der Waals surface area contributed by atoms with Crippen molar-refractivity contribution in [3.63, 3.8) is 0 Å². The minimum Gasteiger partial charge on any atom is -0.480 e. The normalized spacial score (nSPS) is 26.6. The highest BCUT2D eigenvalue weighted by Gasteiger charge is 2.46. The van der Waals surface area contributed by atoms with Crippen molar-refractivity contribution in [1.29, 1.82) is 0 Å². The van der Waals surface area contributed by atoms with Gasteiger partial charge in [0.05, 0.1) is 37.6 Å². The molecule has 4 rings (SSSR count). The summed E-state index contributed by atoms with van der Waals surface area (Å²) >= 11 is 5.97. The summed E-state index contributed by atoms with van der Waals surface area (Å²) in [6.45, 7) is 4.94. The van der Waals surface area contributed by atoms with Crippen LogP contribution < -0.4 is 4.74 Å². The lowest BCUT2D eigenvalue weighted by atomic mass is 9.88. The van der Waals surface area contributed by atoms with Crippen LogP contribution >= 0.6 is 11.6 Å². The Morgan fingerprint density at radius 1 is 1.25 bits per heavy atom. The summed E-state index contributed by atoms with van der Waals surface area (Å²) in [4.78, 5) is 6.44. The van der Waals surface area contributed by atoms with E-state index in [0.717, 1.165) is 32.7 Å². The number of sulfonamides is 1. The van der Waals surface area contributed by atoms with Crippen LogP contribution in [-0.4, -0.2) is 87.4 Å². The molecule has 0 bridgehead atoms. The Kier molecular flexibility index (Phi) is 5.83. The molecule has 156 valence electrons. The van der Waals surface area contributed by atoms with Gasteiger partial charge in [-0.15, -0.1) is 0 Å². The predicted octanol–water partition coefficient (Wildman–Crippen LogP) is 1.39. The van der Waals surface area contributed by atoms with Crippen LogP contribution in [-0.2, 0) is 19.5 Å². The number of nitrogens with zero attached hydrogens (tertiary/aromatic N) is 3. The summed E-state index contributed by atoms with van der Waals surface area (Å²) in [6.07, 6.45) is 3.69. The van der Waals surface area contributed by atoms with Gasteiger partial charge in [-0.05, 0) is 25.3 Å². The molecule has 0 unspecified atom stereocenters. The topological polar surface area (TPSA) is 81.2 Å². The number of hydrogen-bond acceptors (Lipinski definition) is 7. The van der Waals surface area contributed by atoms with Crippen molar-refractivity contribution in [3.05, 3.63) is 17.3 Å². The lowest BCUT2D eigenvalue weighted by molar-refractivity contribution is -0.0328. The molecule has 8 nitrogen and oxygen atoms in total. The molecule has 1 aromatic heterocycles. The van der Waals surface area contributed by atoms with Crippen molar-refractivity contribution in [1.82, 2.24) is 14.2 Å². The van der Waals surface area contributed by atoms with E-state index in [9.17, 15) is 8.42 Å². The van der Waals surface area contributed by atoms with Gasteiger partial charge in [0, 0.05) is 38.4 Å². The maximum absolute atomic E-state index is 13.1. The Morgan fingerprint density at radius 2 is 1.96 bits per heavy atom. The zero-order chi connectivity index (χ0) is 19.8. The highest BCUT2D eigenvalue weighted by molar-refractivity contribution is 7.89. The average Bonchev–Trinajstić information content (AvgIpc) is 3.12. The molecule has 0 saturated carbocycles. The first kappa shape index (κ1) is 20.3. The van der Waals surface area contributed by atoms with Crippen molar-refractivity contribution >= 4 is 21.6 Å². The summed E-state index contributed by atoms with van der Waals surface area (Å²) in [7, 11) is -2.33. The molecule has 1 spiro atoms. The zero-order valence-corrected chi connectivity index (χ0v) is 17.5. The van der Waals surface area contributed by atoms with Crippen molar-refractivity contribution in [2.45, 2.75) is 35.8 Å². The van der Waals surface area contributed by atoms with Crippen LogP contribution in [0.3, 0.4) is 0 Å². The van der Waals surface area contributed by atoms with E-state index in [1.54, 1.807) is 0 Å². The number of piperidine rings is 1. The molecule has 1 aromatic rings. The lowest BCUT2D eigenvalue weighted by Crippen LogP contribution is -2.48. The SMILES string of the molecule is COc1ncc(Cl)cc1S(=O)(=O)N1CCC2(CC1)C[C@H](N1CCOCC1)CO2. The fourth-order valence-electron chi connectivity index (χ4n) is 4.37. The molecule has 4 heterocycles. The van der Waals surface area contributed by atoms with Crippen LogP contribution in [0.2, 0.25) is 5.02 Å². The largest absolute Gasteiger partial charge is 0.480 e. The number of rotatable bonds is 4. The van der Waals surface area contributed by atoms with Gasteiger partial charge in [0.1, 0.15) is 4.90 Å². The number of halogens is 1. The van der Waals surface area contributed by atoms with Crippen LogP contribution in [0.1, 0.15) is 19.3 Å². The molecule has 0 N–H and O–H groups in total. The maximum Gasteiger partial charge on any atom is 0.248 e. The Bertz CT molecular complexity index is 807. The van der Waals surface area contributed by atoms with Gasteiger partial charge in [0.2, 0.25) is 15.9 Å². The smallest absolute Gasteiger partial charge is 0.248 e. The Morgan fingerprint density at radius 3 is 2.64 bits per heavy atom. The standard InChI is InChI=1S/C18H26ClN3O5S/c1-25-17-16(10-14(19)12-20-17)28(23,24)22-4-2-18(3-5-22)11-15(13-27-18)21-6-8-26-9-7-21/h10,12,15H,2-9,11,13H2,1H3/t15-/m0/s1. The molecule has 3 aliphatic heterocycles. The van der Waals surface area contributed by atoms with Crippen LogP contribution in [0.15, 0.2) is 17.2 Å². The molecule has 3 aliphatic rings. The third-order valence-electron chi connectivity index (χ3n) is 5.98. The number of pyridine rings is 1. The molecule has 3 saturated heterocycles. The molecule has 0 radical (unpaired) electrons. The fraction of sp³-hybridized carbons (Fsp3) is 0.722. The third-order valence-corrected chi connectivity index (χ3v) is 8.08. The highest BCUT2D eigenvalue weighted by atomic mass is 35.5. The zero-order valence-electron chi connectivity index (χ0n) is 16.0. The average molecular weight is 432 g/mol. The van der Waals surface area contributed by atoms with Gasteiger partial charge >= 0.3 is 0 Å². The Hall–Kier alpha value is -0.970. The molecular weight excluding hydrogens is 406 g/mol. The summed E-state index contributed by atoms with van der Waals surface area (Å²) in [5.74, 6) is 0.0641. The second-order valence-corrected chi connectivity index (χ2v) is 9.91. The molecule has 3 fully saturated rings. The van der Waals surface area contributed by atoms with E-state index >= 15 is 0 Å². The molecule has 0 amide bonds. The van der Waals surface area contributed by atoms with E-state index in [4.69, 9.17) is 25.8 Å². The quantitative estimate of drug-likeness (QED) is 0.712. The Labute approximate surface area is 170 Å². The van der Waals surface area contributed by atoms with Crippen LogP contribution in [0.4, 0.5) is 0 Å². The first-order valence-corrected chi connectivity index (χ1v) is 11.4. The van der Waals surface area contributed by atoms with Gasteiger partial charge < -0.3 is 14.2 Å². The van der Waals surface area contributed by atoms with Gasteiger partial charge in [-0.2, -0.15) is 4.31 Å². The lowest BCUT2D eigenvalue weighted by Gasteiger charge is -2.38. The number of morpholine rings is 1. The summed E-state index contributed by atoms with van der Waals surface area (Å²) in [6, 6.07) is 1.79. The predicted molar refractivity (Wildman–Crippen MR) is 103 cm³/mol. The van der Waals surface area contributed by atoms with Crippen LogP contribution in [0.25, 0.3) is 0 Å². The molecule has 1 atom stereocenters. The van der Waals surface area contributed by atoms with Crippen molar-refractivity contribution < 1.29 is 22.6 Å². The van der Waals surface area contributed by atoms with Crippen LogP contribution in [0.5, 0.6) is 5.88 Å². The summed E-state index contributed by atoms with van der Waals surface area (Å²) < 4.78 is 44.5. The van der Waals surface area contributed by atoms with E-state index in [-0.39, 0.29) is 21.4 Å². The minimum atomic E-state index is -3.73. The number of methoxy groups -OCH3 is 1. The monoisotopic (exact) mass is 431 g/mol. The summed E-state index contributed by atoms with van der Waals surface area (Å²) in [5.41, 5.74) is -0.230. The number of hydrogen-bond donors (Lipinski definition) is 0. The van der Waals surface area contributed by atoms with E-state index in [1.807, 2.05) is 0 Å². The van der Waals surface area contributed by atoms with Crippen molar-refractivity contribution in [3.8, 4) is 5.88 Å². The fourth-order valence-corrected chi connectivity index (χ4v) is 6.16. The first-order valence-electron chi connectivity index (χ1n) is 9.59. The minimum absolute atomic E-state index is 0.0111. The molecule has 0 aliphatic carbocycles. The summed E-state index contributed by atoms with van der Waals surface area (Å²) in [5, 5.41) is 0.264. The van der Waals surface area contributed by atoms with Gasteiger partial charge in [0.15, 0.2) is 0 Å². The molecular formula is C18H26ClN3O5S. The number of ether oxygens (including phenoxy) is 3. The van der Waals surface area contributed by atoms with E-state index in [2.05, 4.69) is 9.88 Å². The van der Waals surface area contributed by atoms with E-state index < -0.39 is 10.0 Å². The third kappa shape index (κ3) is 3.88. The van der Waals surface area contributed by atoms with E-state index in [1.165, 1.54) is 23.7 Å². The molecule has 28 heavy (non-hydrogen) atoms. The second-order valence-electron chi connectivity index (χ2n) is 7.57. The number of aromatic nitrogens is 1. The van der Waals surface area contributed by atoms with Gasteiger partial charge in [-0.1, -0.05) is 11.6 Å². The molecule has 0 aromatic carbocycles. The highest BCUT2D eigenvalue weighted by Crippen LogP contribution is 2.39. The van der Waals surface area contributed by atoms with Gasteiger partial charge in [-0.25, -0.2) is 13.4 Å². The molecule has 10 heteroatoms. The Balaban J connectivity index is 1.43. The first-order chi connectivity index (χ1) is 13.4. The van der Waals surface area contributed by atoms with Crippen molar-refractivity contribution in [2.24, 2.45) is 0 Å². The van der Waals surface area contributed by atoms with Crippen molar-refractivity contribution in [2.75, 3.05) is 53.1 Å².